The van der Waals surface area contributed by atoms with Crippen molar-refractivity contribution < 1.29 is 29.0 Å². The normalized spacial score (nSPS) is 28.5. The molecule has 40 heavy (non-hydrogen) atoms. The molecular formula is C30H42BrN3O6. The number of benzene rings is 1. The molecule has 2 bridgehead atoms. The van der Waals surface area contributed by atoms with Crippen LogP contribution in [0.1, 0.15) is 46.5 Å². The van der Waals surface area contributed by atoms with Crippen molar-refractivity contribution in [1.29, 1.82) is 0 Å². The number of nitrogens with zero attached hydrogens (tertiary/aromatic N) is 3. The first-order valence-corrected chi connectivity index (χ1v) is 15.4. The Morgan fingerprint density at radius 2 is 1.85 bits per heavy atom. The molecule has 3 fully saturated rings. The monoisotopic (exact) mass is 619 g/mol. The number of aliphatic hydroxyl groups excluding tert-OH is 1. The summed E-state index contributed by atoms with van der Waals surface area (Å²) in [4.78, 5) is 47.1. The first-order chi connectivity index (χ1) is 19.3. The van der Waals surface area contributed by atoms with E-state index in [2.05, 4.69) is 41.3 Å². The third kappa shape index (κ3) is 5.30. The van der Waals surface area contributed by atoms with Gasteiger partial charge in [-0.25, -0.2) is 0 Å². The van der Waals surface area contributed by atoms with Gasteiger partial charge in [0.25, 0.3) is 5.91 Å². The van der Waals surface area contributed by atoms with E-state index in [1.54, 1.807) is 22.8 Å². The predicted molar refractivity (Wildman–Crippen MR) is 158 cm³/mol. The number of ether oxygens (including phenoxy) is 2. The number of esters is 1. The summed E-state index contributed by atoms with van der Waals surface area (Å²) < 4.78 is 11.9. The van der Waals surface area contributed by atoms with Crippen LogP contribution in [0, 0.1) is 11.8 Å². The Hall–Kier alpha value is -2.43. The van der Waals surface area contributed by atoms with Gasteiger partial charge in [0.1, 0.15) is 11.6 Å². The molecule has 3 heterocycles. The van der Waals surface area contributed by atoms with Gasteiger partial charge in [-0.2, -0.15) is 0 Å². The summed E-state index contributed by atoms with van der Waals surface area (Å²) in [5.74, 6) is -2.51. The molecule has 1 aromatic rings. The molecule has 220 valence electrons. The molecule has 2 amide bonds. The molecule has 10 heteroatoms. The zero-order chi connectivity index (χ0) is 29.0. The Morgan fingerprint density at radius 3 is 2.45 bits per heavy atom. The van der Waals surface area contributed by atoms with Crippen molar-refractivity contribution in [3.8, 4) is 0 Å². The van der Waals surface area contributed by atoms with Gasteiger partial charge >= 0.3 is 5.97 Å². The number of anilines is 2. The summed E-state index contributed by atoms with van der Waals surface area (Å²) in [6, 6.07) is 6.96. The fourth-order valence-electron chi connectivity index (χ4n) is 6.76. The first kappa shape index (κ1) is 30.5. The van der Waals surface area contributed by atoms with Crippen molar-refractivity contribution >= 4 is 45.1 Å². The van der Waals surface area contributed by atoms with Crippen molar-refractivity contribution in [3.63, 3.8) is 0 Å². The average Bonchev–Trinajstić information content (AvgIpc) is 3.54. The maximum absolute atomic E-state index is 14.6. The second kappa shape index (κ2) is 13.0. The van der Waals surface area contributed by atoms with E-state index in [9.17, 15) is 19.5 Å². The van der Waals surface area contributed by atoms with Gasteiger partial charge in [0.2, 0.25) is 5.91 Å². The summed E-state index contributed by atoms with van der Waals surface area (Å²) in [6.07, 6.45) is 3.54. The average molecular weight is 621 g/mol. The summed E-state index contributed by atoms with van der Waals surface area (Å²) >= 11 is 3.69. The van der Waals surface area contributed by atoms with Crippen LogP contribution in [-0.2, 0) is 23.9 Å². The van der Waals surface area contributed by atoms with E-state index in [4.69, 9.17) is 9.47 Å². The molecule has 1 N–H and O–H groups in total. The summed E-state index contributed by atoms with van der Waals surface area (Å²) in [7, 11) is 0. The van der Waals surface area contributed by atoms with Crippen molar-refractivity contribution in [2.45, 2.75) is 69.0 Å². The van der Waals surface area contributed by atoms with E-state index in [1.807, 2.05) is 24.3 Å². The van der Waals surface area contributed by atoms with Gasteiger partial charge in [0, 0.05) is 49.0 Å². The van der Waals surface area contributed by atoms with E-state index in [0.29, 0.717) is 37.9 Å². The van der Waals surface area contributed by atoms with E-state index in [1.165, 1.54) is 0 Å². The largest absolute Gasteiger partial charge is 0.466 e. The van der Waals surface area contributed by atoms with Crippen LogP contribution < -0.4 is 9.80 Å². The Kier molecular flexibility index (Phi) is 9.95. The van der Waals surface area contributed by atoms with Gasteiger partial charge in [-0.3, -0.25) is 14.4 Å². The van der Waals surface area contributed by atoms with Gasteiger partial charge in [0.05, 0.1) is 24.5 Å². The van der Waals surface area contributed by atoms with E-state index in [-0.39, 0.29) is 36.4 Å². The van der Waals surface area contributed by atoms with Crippen molar-refractivity contribution in [3.05, 3.63) is 36.9 Å². The minimum atomic E-state index is -1.14. The molecule has 0 radical (unpaired) electrons. The molecule has 0 aliphatic carbocycles. The van der Waals surface area contributed by atoms with Crippen LogP contribution in [0.15, 0.2) is 36.9 Å². The highest BCUT2D eigenvalue weighted by Crippen LogP contribution is 2.60. The number of fused-ring (bicyclic) bond motifs is 1. The molecular weight excluding hydrogens is 578 g/mol. The molecule has 1 unspecified atom stereocenters. The van der Waals surface area contributed by atoms with Gasteiger partial charge in [-0.15, -0.1) is 6.58 Å². The summed E-state index contributed by atoms with van der Waals surface area (Å²) in [6.45, 7) is 12.4. The smallest absolute Gasteiger partial charge is 0.312 e. The van der Waals surface area contributed by atoms with Crippen LogP contribution in [0.25, 0.3) is 0 Å². The fourth-order valence-corrected chi connectivity index (χ4v) is 7.70. The van der Waals surface area contributed by atoms with Crippen LogP contribution in [-0.4, -0.2) is 89.8 Å². The third-order valence-corrected chi connectivity index (χ3v) is 9.35. The lowest BCUT2D eigenvalue weighted by Crippen LogP contribution is -2.57. The lowest BCUT2D eigenvalue weighted by atomic mass is 9.70. The molecule has 1 aromatic carbocycles. The fraction of sp³-hybridized carbons (Fsp3) is 0.633. The van der Waals surface area contributed by atoms with Crippen molar-refractivity contribution in [2.75, 3.05) is 49.2 Å². The van der Waals surface area contributed by atoms with Crippen molar-refractivity contribution in [2.24, 2.45) is 11.8 Å². The highest BCUT2D eigenvalue weighted by atomic mass is 79.9. The molecule has 9 nitrogen and oxygen atoms in total. The quantitative estimate of drug-likeness (QED) is 0.147. The number of hydrogen-bond acceptors (Lipinski definition) is 7. The number of hydrogen-bond donors (Lipinski definition) is 1. The number of rotatable bonds is 14. The van der Waals surface area contributed by atoms with E-state index >= 15 is 0 Å². The van der Waals surface area contributed by atoms with Crippen LogP contribution in [0.2, 0.25) is 0 Å². The molecule has 3 saturated heterocycles. The first-order valence-electron chi connectivity index (χ1n) is 14.5. The van der Waals surface area contributed by atoms with Crippen LogP contribution >= 0.6 is 15.9 Å². The highest BCUT2D eigenvalue weighted by Gasteiger charge is 2.77. The van der Waals surface area contributed by atoms with Gasteiger partial charge in [0.15, 0.2) is 0 Å². The van der Waals surface area contributed by atoms with Gasteiger partial charge < -0.3 is 29.3 Å². The van der Waals surface area contributed by atoms with Crippen LogP contribution in [0.5, 0.6) is 0 Å². The number of carbonyl (C=O) groups is 3. The zero-order valence-corrected chi connectivity index (χ0v) is 25.3. The Balaban J connectivity index is 1.72. The second-order valence-corrected chi connectivity index (χ2v) is 11.8. The Labute approximate surface area is 245 Å². The molecule has 6 atom stereocenters. The lowest BCUT2D eigenvalue weighted by molar-refractivity contribution is -0.154. The Morgan fingerprint density at radius 1 is 1.18 bits per heavy atom. The number of aliphatic hydroxyl groups is 1. The number of carbonyl (C=O) groups excluding carboxylic acids is 3. The van der Waals surface area contributed by atoms with Gasteiger partial charge in [-0.05, 0) is 70.7 Å². The number of likely N-dealkylation sites (tertiary alicyclic amines) is 1. The predicted octanol–water partition coefficient (Wildman–Crippen LogP) is 3.53. The molecule has 4 rings (SSSR count). The Bertz CT molecular complexity index is 1080. The molecule has 0 saturated carbocycles. The lowest BCUT2D eigenvalue weighted by Gasteiger charge is -2.37. The van der Waals surface area contributed by atoms with Crippen LogP contribution in [0.3, 0.4) is 0 Å². The number of alkyl halides is 1. The molecule has 3 aliphatic rings. The number of halogens is 1. The third-order valence-electron chi connectivity index (χ3n) is 8.51. The van der Waals surface area contributed by atoms with Crippen LogP contribution in [0.4, 0.5) is 11.4 Å². The SMILES string of the molecule is C=CCN(C(=O)[C@H]1N(CCCCCO)C(=O)[C@@H]2[C@@H](C(=O)OCC)[C@@H]3O[C@@]21CC3Br)c1ccc(N(CC)CC)cc1. The minimum absolute atomic E-state index is 0.0699. The van der Waals surface area contributed by atoms with Crippen molar-refractivity contribution in [1.82, 2.24) is 4.90 Å². The second-order valence-electron chi connectivity index (χ2n) is 10.7. The number of amides is 2. The number of unbranched alkanes of at least 4 members (excludes halogenated alkanes) is 2. The summed E-state index contributed by atoms with van der Waals surface area (Å²) in [5, 5.41) is 9.25. The maximum Gasteiger partial charge on any atom is 0.312 e. The molecule has 3 aliphatic heterocycles. The summed E-state index contributed by atoms with van der Waals surface area (Å²) in [5.41, 5.74) is 0.637. The minimum Gasteiger partial charge on any atom is -0.466 e. The topological polar surface area (TPSA) is 99.6 Å². The maximum atomic E-state index is 14.6. The molecule has 1 spiro atoms. The highest BCUT2D eigenvalue weighted by molar-refractivity contribution is 9.09. The van der Waals surface area contributed by atoms with E-state index < -0.39 is 35.6 Å². The zero-order valence-electron chi connectivity index (χ0n) is 23.8. The van der Waals surface area contributed by atoms with Gasteiger partial charge in [-0.1, -0.05) is 22.0 Å². The standard InChI is InChI=1S/C30H42BrN3O6/c1-5-16-33(21-14-12-20(13-15-21)32(6-2)7-3)28(37)26-30-19-22(31)25(40-30)23(29(38)39-8-4)24(30)27(36)34(26)17-10-9-11-18-35/h5,12-15,22-26,35H,1,6-11,16-19H2,2-4H3/t22?,23-,24+,25-,26-,30+/m1/s1. The van der Waals surface area contributed by atoms with E-state index in [0.717, 1.165) is 18.8 Å². The molecule has 0 aromatic heterocycles.